The minimum atomic E-state index is -0.180. The smallest absolute Gasteiger partial charge is 0.269 e. The van der Waals surface area contributed by atoms with Gasteiger partial charge in [0, 0.05) is 12.2 Å². The molecule has 0 fully saturated rings. The van der Waals surface area contributed by atoms with Crippen molar-refractivity contribution in [1.82, 2.24) is 10.3 Å². The summed E-state index contributed by atoms with van der Waals surface area (Å²) in [6.45, 7) is 2.58. The standard InChI is InChI=1S/C22H23N3O2/c1-16-6-3-4-9-20(16)25-18-10-11-21(24-15-18)22(26)23-13-12-17-7-5-8-19(14-17)27-2/h3-11,14-15,25H,12-13H2,1-2H3,(H,23,26). The van der Waals surface area contributed by atoms with E-state index in [4.69, 9.17) is 4.74 Å². The molecule has 0 atom stereocenters. The first-order chi connectivity index (χ1) is 13.2. The number of rotatable bonds is 7. The highest BCUT2D eigenvalue weighted by Crippen LogP contribution is 2.19. The number of nitrogens with zero attached hydrogens (tertiary/aromatic N) is 1. The van der Waals surface area contributed by atoms with Crippen molar-refractivity contribution in [1.29, 1.82) is 0 Å². The van der Waals surface area contributed by atoms with Crippen LogP contribution in [0.4, 0.5) is 11.4 Å². The predicted octanol–water partition coefficient (Wildman–Crippen LogP) is 4.11. The molecular formula is C22H23N3O2. The molecule has 0 saturated heterocycles. The number of para-hydroxylation sites is 1. The molecule has 27 heavy (non-hydrogen) atoms. The van der Waals surface area contributed by atoms with Crippen LogP contribution in [0.15, 0.2) is 66.9 Å². The number of aromatic nitrogens is 1. The topological polar surface area (TPSA) is 63.2 Å². The van der Waals surface area contributed by atoms with E-state index in [1.165, 1.54) is 0 Å². The Labute approximate surface area is 159 Å². The van der Waals surface area contributed by atoms with Crippen LogP contribution < -0.4 is 15.4 Å². The zero-order valence-corrected chi connectivity index (χ0v) is 15.5. The molecule has 3 aromatic rings. The monoisotopic (exact) mass is 361 g/mol. The second kappa shape index (κ2) is 8.85. The van der Waals surface area contributed by atoms with Crippen molar-refractivity contribution < 1.29 is 9.53 Å². The molecule has 5 nitrogen and oxygen atoms in total. The van der Waals surface area contributed by atoms with Crippen molar-refractivity contribution in [3.63, 3.8) is 0 Å². The summed E-state index contributed by atoms with van der Waals surface area (Å²) in [7, 11) is 1.64. The quantitative estimate of drug-likeness (QED) is 0.665. The SMILES string of the molecule is COc1cccc(CCNC(=O)c2ccc(Nc3ccccc3C)cn2)c1. The van der Waals surface area contributed by atoms with E-state index in [1.807, 2.05) is 61.5 Å². The molecule has 0 aliphatic heterocycles. The van der Waals surface area contributed by atoms with E-state index in [1.54, 1.807) is 19.4 Å². The highest BCUT2D eigenvalue weighted by atomic mass is 16.5. The maximum absolute atomic E-state index is 12.3. The van der Waals surface area contributed by atoms with Crippen molar-refractivity contribution in [2.24, 2.45) is 0 Å². The lowest BCUT2D eigenvalue weighted by molar-refractivity contribution is 0.0949. The molecule has 0 aliphatic rings. The Morgan fingerprint density at radius 3 is 2.67 bits per heavy atom. The van der Waals surface area contributed by atoms with Gasteiger partial charge in [-0.2, -0.15) is 0 Å². The third-order valence-corrected chi connectivity index (χ3v) is 4.25. The van der Waals surface area contributed by atoms with Crippen molar-refractivity contribution in [3.8, 4) is 5.75 Å². The number of methoxy groups -OCH3 is 1. The number of benzene rings is 2. The van der Waals surface area contributed by atoms with Crippen molar-refractivity contribution >= 4 is 17.3 Å². The zero-order chi connectivity index (χ0) is 19.1. The predicted molar refractivity (Wildman–Crippen MR) is 108 cm³/mol. The summed E-state index contributed by atoms with van der Waals surface area (Å²) >= 11 is 0. The number of aryl methyl sites for hydroxylation is 1. The number of carbonyl (C=O) groups is 1. The maximum Gasteiger partial charge on any atom is 0.269 e. The van der Waals surface area contributed by atoms with E-state index in [9.17, 15) is 4.79 Å². The van der Waals surface area contributed by atoms with Gasteiger partial charge in [-0.3, -0.25) is 4.79 Å². The van der Waals surface area contributed by atoms with Crippen LogP contribution in [0.1, 0.15) is 21.6 Å². The summed E-state index contributed by atoms with van der Waals surface area (Å²) in [5.41, 5.74) is 4.53. The molecule has 138 valence electrons. The number of pyridine rings is 1. The number of hydrogen-bond donors (Lipinski definition) is 2. The fraction of sp³-hybridized carbons (Fsp3) is 0.182. The molecule has 2 aromatic carbocycles. The molecule has 1 amide bonds. The van der Waals surface area contributed by atoms with Gasteiger partial charge in [-0.1, -0.05) is 30.3 Å². The first kappa shape index (κ1) is 18.5. The minimum absolute atomic E-state index is 0.180. The van der Waals surface area contributed by atoms with E-state index >= 15 is 0 Å². The van der Waals surface area contributed by atoms with Crippen LogP contribution in [-0.4, -0.2) is 24.5 Å². The van der Waals surface area contributed by atoms with Gasteiger partial charge in [0.2, 0.25) is 0 Å². The van der Waals surface area contributed by atoms with Gasteiger partial charge in [0.05, 0.1) is 19.0 Å². The summed E-state index contributed by atoms with van der Waals surface area (Å²) in [5, 5.41) is 6.21. The normalized spacial score (nSPS) is 10.3. The van der Waals surface area contributed by atoms with Crippen LogP contribution in [0.2, 0.25) is 0 Å². The van der Waals surface area contributed by atoms with Gasteiger partial charge < -0.3 is 15.4 Å². The van der Waals surface area contributed by atoms with Crippen LogP contribution in [0.5, 0.6) is 5.75 Å². The van der Waals surface area contributed by atoms with Gasteiger partial charge in [0.1, 0.15) is 11.4 Å². The van der Waals surface area contributed by atoms with E-state index in [0.29, 0.717) is 12.2 Å². The lowest BCUT2D eigenvalue weighted by Gasteiger charge is -2.10. The van der Waals surface area contributed by atoms with Crippen LogP contribution in [0, 0.1) is 6.92 Å². The zero-order valence-electron chi connectivity index (χ0n) is 15.5. The second-order valence-electron chi connectivity index (χ2n) is 6.23. The number of amides is 1. The van der Waals surface area contributed by atoms with E-state index in [-0.39, 0.29) is 5.91 Å². The minimum Gasteiger partial charge on any atom is -0.497 e. The fourth-order valence-corrected chi connectivity index (χ4v) is 2.71. The summed E-state index contributed by atoms with van der Waals surface area (Å²) in [6.07, 6.45) is 2.40. The van der Waals surface area contributed by atoms with Gasteiger partial charge >= 0.3 is 0 Å². The molecule has 0 spiro atoms. The molecule has 0 saturated carbocycles. The average molecular weight is 361 g/mol. The number of carbonyl (C=O) groups excluding carboxylic acids is 1. The Balaban J connectivity index is 1.53. The van der Waals surface area contributed by atoms with Crippen LogP contribution in [0.3, 0.4) is 0 Å². The summed E-state index contributed by atoms with van der Waals surface area (Å²) in [5.74, 6) is 0.637. The third kappa shape index (κ3) is 5.07. The Hall–Kier alpha value is -3.34. The molecule has 0 unspecified atom stereocenters. The molecule has 1 heterocycles. The van der Waals surface area contributed by atoms with E-state index in [0.717, 1.165) is 34.7 Å². The summed E-state index contributed by atoms with van der Waals surface area (Å²) in [6, 6.07) is 19.4. The Morgan fingerprint density at radius 2 is 1.93 bits per heavy atom. The lowest BCUT2D eigenvalue weighted by Crippen LogP contribution is -2.26. The van der Waals surface area contributed by atoms with Crippen molar-refractivity contribution in [2.45, 2.75) is 13.3 Å². The molecule has 2 N–H and O–H groups in total. The van der Waals surface area contributed by atoms with E-state index in [2.05, 4.69) is 15.6 Å². The number of ether oxygens (including phenoxy) is 1. The summed E-state index contributed by atoms with van der Waals surface area (Å²) < 4.78 is 5.21. The highest BCUT2D eigenvalue weighted by molar-refractivity contribution is 5.92. The Morgan fingerprint density at radius 1 is 1.07 bits per heavy atom. The molecule has 0 bridgehead atoms. The van der Waals surface area contributed by atoms with Gasteiger partial charge in [-0.25, -0.2) is 4.98 Å². The molecule has 1 aromatic heterocycles. The molecule has 0 aliphatic carbocycles. The summed E-state index contributed by atoms with van der Waals surface area (Å²) in [4.78, 5) is 16.5. The molecule has 5 heteroatoms. The Kier molecular flexibility index (Phi) is 6.05. The van der Waals surface area contributed by atoms with Crippen molar-refractivity contribution in [3.05, 3.63) is 83.7 Å². The molecule has 3 rings (SSSR count). The van der Waals surface area contributed by atoms with Gasteiger partial charge in [-0.15, -0.1) is 0 Å². The molecule has 0 radical (unpaired) electrons. The average Bonchev–Trinajstić information content (AvgIpc) is 2.70. The van der Waals surface area contributed by atoms with Gasteiger partial charge in [0.15, 0.2) is 0 Å². The van der Waals surface area contributed by atoms with Crippen molar-refractivity contribution in [2.75, 3.05) is 19.0 Å². The second-order valence-corrected chi connectivity index (χ2v) is 6.23. The largest absolute Gasteiger partial charge is 0.497 e. The number of hydrogen-bond acceptors (Lipinski definition) is 4. The highest BCUT2D eigenvalue weighted by Gasteiger charge is 2.07. The first-order valence-corrected chi connectivity index (χ1v) is 8.85. The van der Waals surface area contributed by atoms with Crippen LogP contribution in [0.25, 0.3) is 0 Å². The van der Waals surface area contributed by atoms with Crippen LogP contribution in [-0.2, 0) is 6.42 Å². The first-order valence-electron chi connectivity index (χ1n) is 8.85. The Bertz CT molecular complexity index is 907. The number of nitrogens with one attached hydrogen (secondary N) is 2. The van der Waals surface area contributed by atoms with Gasteiger partial charge in [0.25, 0.3) is 5.91 Å². The van der Waals surface area contributed by atoms with Gasteiger partial charge in [-0.05, 0) is 54.8 Å². The lowest BCUT2D eigenvalue weighted by atomic mass is 10.1. The number of anilines is 2. The fourth-order valence-electron chi connectivity index (χ4n) is 2.71. The third-order valence-electron chi connectivity index (χ3n) is 4.25. The van der Waals surface area contributed by atoms with E-state index < -0.39 is 0 Å². The maximum atomic E-state index is 12.3. The van der Waals surface area contributed by atoms with Crippen LogP contribution >= 0.6 is 0 Å². The molecular weight excluding hydrogens is 338 g/mol.